The van der Waals surface area contributed by atoms with Gasteiger partial charge < -0.3 is 10.2 Å². The lowest BCUT2D eigenvalue weighted by molar-refractivity contribution is 0.622. The van der Waals surface area contributed by atoms with Gasteiger partial charge in [-0.2, -0.15) is 0 Å². The Labute approximate surface area is 176 Å². The lowest BCUT2D eigenvalue weighted by Crippen LogP contribution is -2.18. The van der Waals surface area contributed by atoms with Crippen molar-refractivity contribution >= 4 is 23.3 Å². The van der Waals surface area contributed by atoms with E-state index in [0.29, 0.717) is 5.82 Å². The maximum atomic E-state index is 13.9. The fourth-order valence-electron chi connectivity index (χ4n) is 3.00. The number of nitrogens with zero attached hydrogens (tertiary/aromatic N) is 3. The molecule has 3 aromatic rings. The molecule has 0 bridgehead atoms. The highest BCUT2D eigenvalue weighted by Gasteiger charge is 2.26. The van der Waals surface area contributed by atoms with Crippen LogP contribution in [0.4, 0.5) is 15.9 Å². The minimum Gasteiger partial charge on any atom is -0.388 e. The van der Waals surface area contributed by atoms with Crippen LogP contribution < -0.4 is 10.2 Å². The maximum Gasteiger partial charge on any atom is 0.161 e. The molecule has 0 aliphatic heterocycles. The average Bonchev–Trinajstić information content (AvgIpc) is 2.66. The third-order valence-corrected chi connectivity index (χ3v) is 5.80. The summed E-state index contributed by atoms with van der Waals surface area (Å²) in [5, 5.41) is 3.12. The van der Waals surface area contributed by atoms with Crippen LogP contribution in [0.25, 0.3) is 11.4 Å². The first-order chi connectivity index (χ1) is 13.7. The Morgan fingerprint density at radius 3 is 2.28 bits per heavy atom. The fraction of sp³-hybridized carbons (Fsp3) is 0.304. The van der Waals surface area contributed by atoms with E-state index in [1.807, 2.05) is 69.4 Å². The molecular weight excluding hydrogens is 383 g/mol. The summed E-state index contributed by atoms with van der Waals surface area (Å²) in [6, 6.07) is 15.2. The quantitative estimate of drug-likeness (QED) is 0.526. The van der Waals surface area contributed by atoms with E-state index in [4.69, 9.17) is 9.97 Å². The van der Waals surface area contributed by atoms with E-state index in [9.17, 15) is 4.39 Å². The Morgan fingerprint density at radius 2 is 1.69 bits per heavy atom. The number of halogens is 1. The van der Waals surface area contributed by atoms with Gasteiger partial charge in [0.25, 0.3) is 0 Å². The lowest BCUT2D eigenvalue weighted by Gasteiger charge is -2.26. The second-order valence-electron chi connectivity index (χ2n) is 7.73. The standard InChI is InChI=1S/C23H27FN4S/c1-15-11-17(24)13-19(12-15)29-23(2,3)20-14-21(28(5)6)27-22(26-20)16-7-9-18(25-4)10-8-16/h7-14,25H,1-6H3. The zero-order valence-electron chi connectivity index (χ0n) is 17.7. The molecule has 6 heteroatoms. The van der Waals surface area contributed by atoms with Crippen LogP contribution in [0.2, 0.25) is 0 Å². The van der Waals surface area contributed by atoms with Crippen molar-refractivity contribution in [2.45, 2.75) is 30.4 Å². The van der Waals surface area contributed by atoms with Gasteiger partial charge >= 0.3 is 0 Å². The van der Waals surface area contributed by atoms with Crippen molar-refractivity contribution in [2.24, 2.45) is 0 Å². The lowest BCUT2D eigenvalue weighted by atomic mass is 10.1. The molecule has 0 saturated heterocycles. The first kappa shape index (κ1) is 21.1. The highest BCUT2D eigenvalue weighted by atomic mass is 32.2. The number of rotatable bonds is 6. The molecule has 152 valence electrons. The summed E-state index contributed by atoms with van der Waals surface area (Å²) >= 11 is 1.60. The summed E-state index contributed by atoms with van der Waals surface area (Å²) in [5.41, 5.74) is 3.80. The zero-order chi connectivity index (χ0) is 21.2. The second-order valence-corrected chi connectivity index (χ2v) is 9.43. The van der Waals surface area contributed by atoms with E-state index < -0.39 is 0 Å². The fourth-order valence-corrected chi connectivity index (χ4v) is 4.21. The normalized spacial score (nSPS) is 11.4. The SMILES string of the molecule is CNc1ccc(-c2nc(N(C)C)cc(C(C)(C)Sc3cc(C)cc(F)c3)n2)cc1. The van der Waals surface area contributed by atoms with Gasteiger partial charge in [-0.3, -0.25) is 0 Å². The molecule has 0 amide bonds. The van der Waals surface area contributed by atoms with Gasteiger partial charge in [0.15, 0.2) is 5.82 Å². The summed E-state index contributed by atoms with van der Waals surface area (Å²) in [5.74, 6) is 1.30. The zero-order valence-corrected chi connectivity index (χ0v) is 18.6. The molecule has 0 spiro atoms. The molecule has 0 saturated carbocycles. The predicted octanol–water partition coefficient (Wildman–Crippen LogP) is 5.73. The molecule has 0 radical (unpaired) electrons. The molecule has 2 aromatic carbocycles. The number of aryl methyl sites for hydroxylation is 1. The first-order valence-electron chi connectivity index (χ1n) is 9.49. The third-order valence-electron chi connectivity index (χ3n) is 4.61. The number of hydrogen-bond acceptors (Lipinski definition) is 5. The van der Waals surface area contributed by atoms with E-state index in [-0.39, 0.29) is 10.6 Å². The Kier molecular flexibility index (Phi) is 6.13. The van der Waals surface area contributed by atoms with Crippen LogP contribution in [0.5, 0.6) is 0 Å². The second kappa shape index (κ2) is 8.41. The molecule has 0 atom stereocenters. The Bertz CT molecular complexity index is 980. The third kappa shape index (κ3) is 5.07. The molecular formula is C23H27FN4S. The molecule has 29 heavy (non-hydrogen) atoms. The largest absolute Gasteiger partial charge is 0.388 e. The van der Waals surface area contributed by atoms with Crippen molar-refractivity contribution in [3.63, 3.8) is 0 Å². The van der Waals surface area contributed by atoms with E-state index in [0.717, 1.165) is 33.2 Å². The van der Waals surface area contributed by atoms with Gasteiger partial charge in [0.1, 0.15) is 11.6 Å². The summed E-state index contributed by atoms with van der Waals surface area (Å²) in [4.78, 5) is 12.5. The minimum atomic E-state index is -0.367. The summed E-state index contributed by atoms with van der Waals surface area (Å²) in [6.07, 6.45) is 0. The van der Waals surface area contributed by atoms with Crippen LogP contribution in [0.1, 0.15) is 25.1 Å². The summed E-state index contributed by atoms with van der Waals surface area (Å²) in [7, 11) is 5.83. The van der Waals surface area contributed by atoms with Crippen LogP contribution in [-0.2, 0) is 4.75 Å². The number of benzene rings is 2. The molecule has 0 unspecified atom stereocenters. The molecule has 1 heterocycles. The van der Waals surface area contributed by atoms with Crippen molar-refractivity contribution in [3.05, 3.63) is 65.6 Å². The van der Waals surface area contributed by atoms with Crippen LogP contribution in [0.3, 0.4) is 0 Å². The molecule has 3 rings (SSSR count). The molecule has 0 aliphatic carbocycles. The van der Waals surface area contributed by atoms with Crippen molar-refractivity contribution < 1.29 is 4.39 Å². The van der Waals surface area contributed by atoms with Crippen molar-refractivity contribution in [1.82, 2.24) is 9.97 Å². The molecule has 4 nitrogen and oxygen atoms in total. The Morgan fingerprint density at radius 1 is 1.00 bits per heavy atom. The Balaban J connectivity index is 2.03. The van der Waals surface area contributed by atoms with E-state index in [2.05, 4.69) is 19.2 Å². The van der Waals surface area contributed by atoms with Crippen LogP contribution >= 0.6 is 11.8 Å². The van der Waals surface area contributed by atoms with E-state index >= 15 is 0 Å². The smallest absolute Gasteiger partial charge is 0.161 e. The molecule has 1 aromatic heterocycles. The monoisotopic (exact) mass is 410 g/mol. The van der Waals surface area contributed by atoms with Gasteiger partial charge in [0, 0.05) is 43.4 Å². The van der Waals surface area contributed by atoms with Gasteiger partial charge in [0.05, 0.1) is 10.4 Å². The summed E-state index contributed by atoms with van der Waals surface area (Å²) in [6.45, 7) is 6.11. The van der Waals surface area contributed by atoms with Gasteiger partial charge in [0.2, 0.25) is 0 Å². The summed E-state index contributed by atoms with van der Waals surface area (Å²) < 4.78 is 13.5. The topological polar surface area (TPSA) is 41.1 Å². The highest BCUT2D eigenvalue weighted by Crippen LogP contribution is 2.41. The van der Waals surface area contributed by atoms with Crippen molar-refractivity contribution in [1.29, 1.82) is 0 Å². The Hall–Kier alpha value is -2.60. The van der Waals surface area contributed by atoms with Crippen molar-refractivity contribution in [3.8, 4) is 11.4 Å². The molecule has 0 fully saturated rings. The van der Waals surface area contributed by atoms with Crippen LogP contribution in [-0.4, -0.2) is 31.1 Å². The van der Waals surface area contributed by atoms with Gasteiger partial charge in [-0.1, -0.05) is 0 Å². The van der Waals surface area contributed by atoms with Crippen LogP contribution in [0.15, 0.2) is 53.4 Å². The average molecular weight is 411 g/mol. The number of hydrogen-bond donors (Lipinski definition) is 1. The van der Waals surface area contributed by atoms with Gasteiger partial charge in [-0.25, -0.2) is 14.4 Å². The van der Waals surface area contributed by atoms with E-state index in [1.165, 1.54) is 0 Å². The van der Waals surface area contributed by atoms with Gasteiger partial charge in [-0.05, 0) is 68.8 Å². The number of nitrogens with one attached hydrogen (secondary N) is 1. The van der Waals surface area contributed by atoms with Gasteiger partial charge in [-0.15, -0.1) is 11.8 Å². The molecule has 1 N–H and O–H groups in total. The maximum absolute atomic E-state index is 13.9. The van der Waals surface area contributed by atoms with E-state index in [1.54, 1.807) is 23.9 Å². The number of thioether (sulfide) groups is 1. The molecule has 0 aliphatic rings. The predicted molar refractivity (Wildman–Crippen MR) is 121 cm³/mol. The van der Waals surface area contributed by atoms with Crippen molar-refractivity contribution in [2.75, 3.05) is 31.4 Å². The number of aromatic nitrogens is 2. The highest BCUT2D eigenvalue weighted by molar-refractivity contribution is 8.00. The number of anilines is 2. The minimum absolute atomic E-state index is 0.217. The first-order valence-corrected chi connectivity index (χ1v) is 10.3. The van der Waals surface area contributed by atoms with Crippen LogP contribution in [0, 0.1) is 12.7 Å².